The van der Waals surface area contributed by atoms with Crippen molar-refractivity contribution in [3.63, 3.8) is 0 Å². The van der Waals surface area contributed by atoms with Gasteiger partial charge in [-0.15, -0.1) is 0 Å². The number of aromatic nitrogens is 2. The largest absolute Gasteiger partial charge is 0.329 e. The number of halogens is 1. The Morgan fingerprint density at radius 3 is 2.79 bits per heavy atom. The zero-order valence-electron chi connectivity index (χ0n) is 7.96. The molecule has 0 amide bonds. The summed E-state index contributed by atoms with van der Waals surface area (Å²) in [5.41, 5.74) is 5.95. The van der Waals surface area contributed by atoms with E-state index in [0.717, 1.165) is 17.3 Å². The first-order valence-corrected chi connectivity index (χ1v) is 5.32. The van der Waals surface area contributed by atoms with Crippen LogP contribution in [0.25, 0.3) is 0 Å². The van der Waals surface area contributed by atoms with E-state index in [9.17, 15) is 4.79 Å². The van der Waals surface area contributed by atoms with E-state index in [1.165, 1.54) is 0 Å². The minimum Gasteiger partial charge on any atom is -0.329 e. The van der Waals surface area contributed by atoms with Gasteiger partial charge in [0, 0.05) is 19.0 Å². The van der Waals surface area contributed by atoms with Crippen molar-refractivity contribution in [2.45, 2.75) is 12.8 Å². The lowest BCUT2D eigenvalue weighted by molar-refractivity contribution is 0.0895. The number of aryl methyl sites for hydroxylation is 1. The summed E-state index contributed by atoms with van der Waals surface area (Å²) in [4.78, 5) is 12.1. The van der Waals surface area contributed by atoms with E-state index in [1.807, 2.05) is 0 Å². The molecule has 2 N–H and O–H groups in total. The van der Waals surface area contributed by atoms with Gasteiger partial charge in [0.2, 0.25) is 0 Å². The van der Waals surface area contributed by atoms with Crippen LogP contribution in [-0.4, -0.2) is 22.1 Å². The van der Waals surface area contributed by atoms with Gasteiger partial charge in [0.1, 0.15) is 5.69 Å². The van der Waals surface area contributed by atoms with Crippen molar-refractivity contribution >= 4 is 21.7 Å². The van der Waals surface area contributed by atoms with Gasteiger partial charge in [0.05, 0.1) is 10.7 Å². The number of carbonyl (C=O) groups is 1. The number of nitrogens with zero attached hydrogens (tertiary/aromatic N) is 2. The van der Waals surface area contributed by atoms with E-state index < -0.39 is 0 Å². The van der Waals surface area contributed by atoms with E-state index in [2.05, 4.69) is 21.0 Å². The predicted octanol–water partition coefficient (Wildman–Crippen LogP) is 1.10. The molecule has 76 valence electrons. The molecule has 1 saturated carbocycles. The second kappa shape index (κ2) is 3.17. The van der Waals surface area contributed by atoms with E-state index in [-0.39, 0.29) is 11.2 Å². The van der Waals surface area contributed by atoms with Crippen molar-refractivity contribution in [3.8, 4) is 0 Å². The predicted molar refractivity (Wildman–Crippen MR) is 56.0 cm³/mol. The summed E-state index contributed by atoms with van der Waals surface area (Å²) in [5, 5.41) is 4.02. The van der Waals surface area contributed by atoms with Crippen LogP contribution in [0.3, 0.4) is 0 Å². The van der Waals surface area contributed by atoms with Gasteiger partial charge in [-0.25, -0.2) is 0 Å². The Morgan fingerprint density at radius 1 is 1.79 bits per heavy atom. The lowest BCUT2D eigenvalue weighted by Crippen LogP contribution is -2.27. The molecule has 0 saturated heterocycles. The molecule has 2 rings (SSSR count). The van der Waals surface area contributed by atoms with Crippen LogP contribution in [-0.2, 0) is 7.05 Å². The first-order chi connectivity index (χ1) is 6.60. The second-order valence-electron chi connectivity index (χ2n) is 3.78. The Bertz CT molecular complexity index is 362. The Morgan fingerprint density at radius 2 is 2.43 bits per heavy atom. The van der Waals surface area contributed by atoms with Crippen LogP contribution in [0.1, 0.15) is 23.3 Å². The third-order valence-electron chi connectivity index (χ3n) is 2.84. The monoisotopic (exact) mass is 257 g/mol. The first-order valence-electron chi connectivity index (χ1n) is 4.53. The Balaban J connectivity index is 2.36. The third kappa shape index (κ3) is 1.31. The molecule has 4 nitrogen and oxygen atoms in total. The summed E-state index contributed by atoms with van der Waals surface area (Å²) in [7, 11) is 1.77. The molecule has 5 heteroatoms. The number of ketones is 1. The number of hydrogen-bond acceptors (Lipinski definition) is 3. The first kappa shape index (κ1) is 9.86. The number of nitrogens with two attached hydrogens (primary N) is 1. The fourth-order valence-electron chi connectivity index (χ4n) is 1.59. The van der Waals surface area contributed by atoms with Crippen molar-refractivity contribution in [3.05, 3.63) is 16.4 Å². The Labute approximate surface area is 90.6 Å². The molecular weight excluding hydrogens is 246 g/mol. The molecular formula is C9H12BrN3O. The maximum atomic E-state index is 12.1. The van der Waals surface area contributed by atoms with Gasteiger partial charge in [0.25, 0.3) is 0 Å². The molecule has 1 fully saturated rings. The van der Waals surface area contributed by atoms with Gasteiger partial charge >= 0.3 is 0 Å². The molecule has 0 radical (unpaired) electrons. The van der Waals surface area contributed by atoms with E-state index in [4.69, 9.17) is 5.73 Å². The molecule has 0 atom stereocenters. The zero-order chi connectivity index (χ0) is 10.3. The standard InChI is InChI=1S/C9H12BrN3O/c1-13-7(6(10)4-12-13)8(14)9(5-11)2-3-9/h4H,2-3,5,11H2,1H3. The van der Waals surface area contributed by atoms with Gasteiger partial charge in [0.15, 0.2) is 5.78 Å². The van der Waals surface area contributed by atoms with Gasteiger partial charge in [-0.1, -0.05) is 0 Å². The highest BCUT2D eigenvalue weighted by atomic mass is 79.9. The summed E-state index contributed by atoms with van der Waals surface area (Å²) in [5.74, 6) is 0.117. The van der Waals surface area contributed by atoms with Crippen LogP contribution < -0.4 is 5.73 Å². The number of carbonyl (C=O) groups excluding carboxylic acids is 1. The minimum atomic E-state index is -0.295. The molecule has 1 heterocycles. The molecule has 0 unspecified atom stereocenters. The topological polar surface area (TPSA) is 60.9 Å². The van der Waals surface area contributed by atoms with Crippen LogP contribution in [0.15, 0.2) is 10.7 Å². The fourth-order valence-corrected chi connectivity index (χ4v) is 2.12. The summed E-state index contributed by atoms with van der Waals surface area (Å²) < 4.78 is 2.35. The summed E-state index contributed by atoms with van der Waals surface area (Å²) in [6.45, 7) is 0.434. The van der Waals surface area contributed by atoms with Crippen LogP contribution >= 0.6 is 15.9 Å². The van der Waals surface area contributed by atoms with E-state index >= 15 is 0 Å². The van der Waals surface area contributed by atoms with Gasteiger partial charge in [-0.2, -0.15) is 5.10 Å². The van der Waals surface area contributed by atoms with E-state index in [0.29, 0.717) is 12.2 Å². The van der Waals surface area contributed by atoms with Gasteiger partial charge in [-0.05, 0) is 28.8 Å². The molecule has 0 aliphatic heterocycles. The Kier molecular flexibility index (Phi) is 2.23. The van der Waals surface area contributed by atoms with Crippen LogP contribution in [0.2, 0.25) is 0 Å². The lowest BCUT2D eigenvalue weighted by atomic mass is 9.99. The van der Waals surface area contributed by atoms with Crippen molar-refractivity contribution in [2.75, 3.05) is 6.54 Å². The summed E-state index contributed by atoms with van der Waals surface area (Å²) >= 11 is 3.32. The van der Waals surface area contributed by atoms with Crippen molar-refractivity contribution in [2.24, 2.45) is 18.2 Å². The molecule has 1 aromatic heterocycles. The third-order valence-corrected chi connectivity index (χ3v) is 3.42. The normalized spacial score (nSPS) is 18.2. The van der Waals surface area contributed by atoms with Gasteiger partial charge < -0.3 is 5.73 Å². The van der Waals surface area contributed by atoms with Gasteiger partial charge in [-0.3, -0.25) is 9.48 Å². The number of hydrogen-bond donors (Lipinski definition) is 1. The zero-order valence-corrected chi connectivity index (χ0v) is 9.54. The second-order valence-corrected chi connectivity index (χ2v) is 4.63. The molecule has 0 bridgehead atoms. The maximum Gasteiger partial charge on any atom is 0.189 e. The molecule has 1 aliphatic rings. The highest BCUT2D eigenvalue weighted by Crippen LogP contribution is 2.47. The lowest BCUT2D eigenvalue weighted by Gasteiger charge is -2.11. The quantitative estimate of drug-likeness (QED) is 0.826. The minimum absolute atomic E-state index is 0.117. The highest BCUT2D eigenvalue weighted by Gasteiger charge is 2.49. The van der Waals surface area contributed by atoms with Crippen LogP contribution in [0.4, 0.5) is 0 Å². The van der Waals surface area contributed by atoms with Crippen molar-refractivity contribution < 1.29 is 4.79 Å². The SMILES string of the molecule is Cn1ncc(Br)c1C(=O)C1(CN)CC1. The summed E-state index contributed by atoms with van der Waals surface area (Å²) in [6.07, 6.45) is 3.44. The van der Waals surface area contributed by atoms with E-state index in [1.54, 1.807) is 17.9 Å². The number of rotatable bonds is 3. The average molecular weight is 258 g/mol. The molecule has 1 aromatic rings. The maximum absolute atomic E-state index is 12.1. The fraction of sp³-hybridized carbons (Fsp3) is 0.556. The van der Waals surface area contributed by atoms with Crippen molar-refractivity contribution in [1.82, 2.24) is 9.78 Å². The number of Topliss-reactive ketones (excluding diaryl/α,β-unsaturated/α-hetero) is 1. The Hall–Kier alpha value is -0.680. The van der Waals surface area contributed by atoms with Crippen LogP contribution in [0, 0.1) is 5.41 Å². The van der Waals surface area contributed by atoms with Crippen molar-refractivity contribution in [1.29, 1.82) is 0 Å². The molecule has 1 aliphatic carbocycles. The average Bonchev–Trinajstić information content (AvgIpc) is 2.89. The summed E-state index contributed by atoms with van der Waals surface area (Å²) in [6, 6.07) is 0. The molecule has 0 aromatic carbocycles. The highest BCUT2D eigenvalue weighted by molar-refractivity contribution is 9.10. The molecule has 14 heavy (non-hydrogen) atoms. The smallest absolute Gasteiger partial charge is 0.189 e. The molecule has 0 spiro atoms. The van der Waals surface area contributed by atoms with Crippen LogP contribution in [0.5, 0.6) is 0 Å².